The summed E-state index contributed by atoms with van der Waals surface area (Å²) in [6.07, 6.45) is 3.68. The minimum atomic E-state index is -4.26. The standard InChI is InChI=1S/C32H40N6O3S/c1-7-21-10-8-11-23(33-21)24-16-20-17-32(20)18-31(5,6)38(19-32)28-22(14-15-25(35-28)30(2,3)4)29(39)37-42(40,41)27-13-9-12-26(34-24)36-27/h8-15,20,24H,7,16-19H2,1-6H3,(H,34,36)(H,37,39). The van der Waals surface area contributed by atoms with Gasteiger partial charge < -0.3 is 10.2 Å². The highest BCUT2D eigenvalue weighted by Gasteiger charge is 2.63. The minimum absolute atomic E-state index is 0.0699. The van der Waals surface area contributed by atoms with Crippen LogP contribution in [0.5, 0.6) is 0 Å². The Morgan fingerprint density at radius 3 is 2.52 bits per heavy atom. The van der Waals surface area contributed by atoms with Crippen LogP contribution in [0.1, 0.15) is 94.3 Å². The van der Waals surface area contributed by atoms with E-state index in [0.29, 0.717) is 17.6 Å². The first-order valence-corrected chi connectivity index (χ1v) is 16.2. The average Bonchev–Trinajstić information content (AvgIpc) is 3.50. The molecule has 0 aromatic carbocycles. The minimum Gasteiger partial charge on any atom is -0.362 e. The fourth-order valence-electron chi connectivity index (χ4n) is 6.81. The molecule has 3 unspecified atom stereocenters. The van der Waals surface area contributed by atoms with Crippen LogP contribution in [0.15, 0.2) is 53.6 Å². The van der Waals surface area contributed by atoms with Crippen molar-refractivity contribution >= 4 is 27.6 Å². The summed E-state index contributed by atoms with van der Waals surface area (Å²) in [5.41, 5.74) is 2.56. The first-order chi connectivity index (χ1) is 19.7. The van der Waals surface area contributed by atoms with Gasteiger partial charge in [0.15, 0.2) is 5.03 Å². The van der Waals surface area contributed by atoms with Crippen molar-refractivity contribution in [2.75, 3.05) is 16.8 Å². The zero-order valence-electron chi connectivity index (χ0n) is 25.2. The van der Waals surface area contributed by atoms with Crippen molar-refractivity contribution in [2.24, 2.45) is 11.3 Å². The van der Waals surface area contributed by atoms with Crippen LogP contribution < -0.4 is 14.9 Å². The molecule has 2 fully saturated rings. The second-order valence-corrected chi connectivity index (χ2v) is 15.4. The number of rotatable bonds is 2. The van der Waals surface area contributed by atoms with E-state index >= 15 is 0 Å². The Morgan fingerprint density at radius 2 is 1.79 bits per heavy atom. The van der Waals surface area contributed by atoms with Gasteiger partial charge in [-0.3, -0.25) is 9.78 Å². The maximum Gasteiger partial charge on any atom is 0.281 e. The number of carbonyl (C=O) groups excluding carboxylic acids is 1. The van der Waals surface area contributed by atoms with Gasteiger partial charge in [0.05, 0.1) is 17.3 Å². The zero-order chi connectivity index (χ0) is 30.1. The molecule has 3 aromatic heterocycles. The van der Waals surface area contributed by atoms with Crippen LogP contribution in [-0.2, 0) is 21.9 Å². The highest BCUT2D eigenvalue weighted by Crippen LogP contribution is 2.65. The van der Waals surface area contributed by atoms with E-state index in [0.717, 1.165) is 49.3 Å². The summed E-state index contributed by atoms with van der Waals surface area (Å²) < 4.78 is 29.2. The number of anilines is 2. The second-order valence-electron chi connectivity index (χ2n) is 13.8. The molecule has 2 aliphatic heterocycles. The summed E-state index contributed by atoms with van der Waals surface area (Å²) in [7, 11) is -4.26. The van der Waals surface area contributed by atoms with Gasteiger partial charge in [0.25, 0.3) is 15.9 Å². The number of hydrogen-bond acceptors (Lipinski definition) is 8. The van der Waals surface area contributed by atoms with Gasteiger partial charge in [-0.25, -0.2) is 14.7 Å². The fraction of sp³-hybridized carbons (Fsp3) is 0.500. The van der Waals surface area contributed by atoms with Gasteiger partial charge >= 0.3 is 0 Å². The van der Waals surface area contributed by atoms with Gasteiger partial charge in [0.2, 0.25) is 0 Å². The molecule has 4 bridgehead atoms. The molecule has 10 heteroatoms. The van der Waals surface area contributed by atoms with E-state index < -0.39 is 15.9 Å². The van der Waals surface area contributed by atoms with Gasteiger partial charge in [-0.05, 0) is 87.3 Å². The number of aromatic nitrogens is 3. The van der Waals surface area contributed by atoms with Crippen LogP contribution in [-0.4, -0.2) is 41.4 Å². The maximum atomic E-state index is 13.7. The zero-order valence-corrected chi connectivity index (χ0v) is 26.0. The van der Waals surface area contributed by atoms with Crippen LogP contribution in [0, 0.1) is 11.3 Å². The van der Waals surface area contributed by atoms with Gasteiger partial charge in [-0.2, -0.15) is 8.42 Å². The SMILES string of the molecule is CCc1cccc(C2CC3CC34CN(c3nc(C(C)(C)C)ccc3C(=O)NS(=O)(=O)c3cccc(n3)N2)C(C)(C)C4)n1. The topological polar surface area (TPSA) is 117 Å². The lowest BCUT2D eigenvalue weighted by molar-refractivity contribution is 0.0981. The Balaban J connectivity index is 1.49. The number of sulfonamides is 1. The van der Waals surface area contributed by atoms with E-state index in [4.69, 9.17) is 9.97 Å². The second kappa shape index (κ2) is 9.76. The quantitative estimate of drug-likeness (QED) is 0.409. The molecule has 222 valence electrons. The molecule has 6 rings (SSSR count). The highest BCUT2D eigenvalue weighted by atomic mass is 32.2. The summed E-state index contributed by atoms with van der Waals surface area (Å²) >= 11 is 0. The van der Waals surface area contributed by atoms with E-state index in [2.05, 4.69) is 61.5 Å². The van der Waals surface area contributed by atoms with E-state index in [1.807, 2.05) is 24.3 Å². The third-order valence-corrected chi connectivity index (χ3v) is 10.3. The molecule has 1 saturated heterocycles. The van der Waals surface area contributed by atoms with Crippen LogP contribution in [0.25, 0.3) is 0 Å². The van der Waals surface area contributed by atoms with Crippen molar-refractivity contribution in [3.05, 3.63) is 71.2 Å². The molecule has 3 aliphatic rings. The van der Waals surface area contributed by atoms with Crippen LogP contribution in [0.3, 0.4) is 0 Å². The van der Waals surface area contributed by atoms with Crippen molar-refractivity contribution < 1.29 is 13.2 Å². The Labute approximate surface area is 248 Å². The normalized spacial score (nSPS) is 26.1. The number of carbonyl (C=O) groups is 1. The van der Waals surface area contributed by atoms with Gasteiger partial charge in [-0.15, -0.1) is 0 Å². The van der Waals surface area contributed by atoms with Crippen LogP contribution >= 0.6 is 0 Å². The first kappa shape index (κ1) is 28.6. The molecular formula is C32H40N6O3S. The number of nitrogens with zero attached hydrogens (tertiary/aromatic N) is 4. The van der Waals surface area contributed by atoms with Crippen molar-refractivity contribution in [1.29, 1.82) is 0 Å². The van der Waals surface area contributed by atoms with Crippen molar-refractivity contribution in [1.82, 2.24) is 19.7 Å². The number of pyridine rings is 3. The van der Waals surface area contributed by atoms with Crippen molar-refractivity contribution in [3.63, 3.8) is 0 Å². The van der Waals surface area contributed by atoms with Gasteiger partial charge in [0, 0.05) is 28.9 Å². The molecule has 1 amide bonds. The summed E-state index contributed by atoms with van der Waals surface area (Å²) in [6.45, 7) is 13.5. The third-order valence-electron chi connectivity index (χ3n) is 9.11. The Bertz CT molecular complexity index is 1660. The molecule has 3 aromatic rings. The number of fused-ring (bicyclic) bond motifs is 5. The summed E-state index contributed by atoms with van der Waals surface area (Å²) in [5.74, 6) is 0.669. The number of nitrogens with one attached hydrogen (secondary N) is 2. The molecule has 1 aliphatic carbocycles. The molecule has 1 saturated carbocycles. The van der Waals surface area contributed by atoms with Crippen molar-refractivity contribution in [2.45, 2.75) is 89.2 Å². The fourth-order valence-corrected chi connectivity index (χ4v) is 7.74. The lowest BCUT2D eigenvalue weighted by Crippen LogP contribution is -2.41. The summed E-state index contributed by atoms with van der Waals surface area (Å²) in [4.78, 5) is 30.3. The molecule has 1 spiro atoms. The van der Waals surface area contributed by atoms with Crippen LogP contribution in [0.2, 0.25) is 0 Å². The molecule has 42 heavy (non-hydrogen) atoms. The lowest BCUT2D eigenvalue weighted by atomic mass is 9.90. The van der Waals surface area contributed by atoms with E-state index in [-0.39, 0.29) is 33.0 Å². The van der Waals surface area contributed by atoms with Crippen LogP contribution in [0.4, 0.5) is 11.6 Å². The number of amides is 1. The summed E-state index contributed by atoms with van der Waals surface area (Å²) in [6, 6.07) is 14.3. The van der Waals surface area contributed by atoms with Gasteiger partial charge in [0.1, 0.15) is 11.6 Å². The Morgan fingerprint density at radius 1 is 1.02 bits per heavy atom. The van der Waals surface area contributed by atoms with Gasteiger partial charge in [-0.1, -0.05) is 39.8 Å². The number of aryl methyl sites for hydroxylation is 1. The van der Waals surface area contributed by atoms with E-state index in [1.165, 1.54) is 6.07 Å². The first-order valence-electron chi connectivity index (χ1n) is 14.8. The predicted molar refractivity (Wildman–Crippen MR) is 163 cm³/mol. The Hall–Kier alpha value is -3.53. The van der Waals surface area contributed by atoms with E-state index in [9.17, 15) is 13.2 Å². The Kier molecular flexibility index (Phi) is 6.64. The molecular weight excluding hydrogens is 548 g/mol. The third kappa shape index (κ3) is 5.14. The van der Waals surface area contributed by atoms with E-state index in [1.54, 1.807) is 18.2 Å². The molecule has 2 N–H and O–H groups in total. The monoisotopic (exact) mass is 588 g/mol. The predicted octanol–water partition coefficient (Wildman–Crippen LogP) is 5.40. The average molecular weight is 589 g/mol. The highest BCUT2D eigenvalue weighted by molar-refractivity contribution is 7.90. The molecule has 9 nitrogen and oxygen atoms in total. The molecule has 3 atom stereocenters. The number of hydrogen-bond donors (Lipinski definition) is 2. The molecule has 5 heterocycles. The largest absolute Gasteiger partial charge is 0.362 e. The lowest BCUT2D eigenvalue weighted by Gasteiger charge is -2.34. The molecule has 0 radical (unpaired) electrons. The maximum absolute atomic E-state index is 13.7. The smallest absolute Gasteiger partial charge is 0.281 e. The summed E-state index contributed by atoms with van der Waals surface area (Å²) in [5, 5.41) is 3.28. The van der Waals surface area contributed by atoms with Crippen molar-refractivity contribution in [3.8, 4) is 0 Å².